The summed E-state index contributed by atoms with van der Waals surface area (Å²) in [5.41, 5.74) is 8.22. The lowest BCUT2D eigenvalue weighted by Crippen LogP contribution is -2.37. The molecule has 1 spiro atoms. The van der Waals surface area contributed by atoms with Gasteiger partial charge in [-0.1, -0.05) is 6.07 Å². The van der Waals surface area contributed by atoms with Gasteiger partial charge in [-0.25, -0.2) is 9.37 Å². The van der Waals surface area contributed by atoms with Crippen molar-refractivity contribution < 1.29 is 14.6 Å². The average Bonchev–Trinajstić information content (AvgIpc) is 3.38. The van der Waals surface area contributed by atoms with Gasteiger partial charge in [0.05, 0.1) is 13.2 Å². The van der Waals surface area contributed by atoms with Gasteiger partial charge in [-0.05, 0) is 37.0 Å². The van der Waals surface area contributed by atoms with E-state index in [4.69, 9.17) is 5.73 Å². The van der Waals surface area contributed by atoms with Crippen molar-refractivity contribution in [3.05, 3.63) is 41.3 Å². The highest BCUT2D eigenvalue weighted by Crippen LogP contribution is 2.59. The molecule has 2 unspecified atom stereocenters. The third kappa shape index (κ3) is 3.17. The maximum atomic E-state index is 14.0. The number of nitrogens with one attached hydrogen (secondary N) is 1. The van der Waals surface area contributed by atoms with Crippen molar-refractivity contribution >= 4 is 17.5 Å². The smallest absolute Gasteiger partial charge is 0.227 e. The molecule has 8 nitrogen and oxygen atoms in total. The second kappa shape index (κ2) is 7.33. The monoisotopic (exact) mass is 414 g/mol. The number of aliphatic hydroxyl groups is 2. The largest absolute Gasteiger partial charge is 0.395 e. The van der Waals surface area contributed by atoms with E-state index in [0.717, 1.165) is 42.6 Å². The molecule has 1 aromatic heterocycles. The zero-order chi connectivity index (χ0) is 20.9. The maximum Gasteiger partial charge on any atom is 0.227 e. The Morgan fingerprint density at radius 3 is 2.87 bits per heavy atom. The van der Waals surface area contributed by atoms with Gasteiger partial charge in [-0.2, -0.15) is 4.98 Å². The molecule has 5 rings (SSSR count). The molecule has 2 atom stereocenters. The fourth-order valence-corrected chi connectivity index (χ4v) is 4.71. The van der Waals surface area contributed by atoms with Crippen LogP contribution in [0.3, 0.4) is 0 Å². The summed E-state index contributed by atoms with van der Waals surface area (Å²) >= 11 is 0. The summed E-state index contributed by atoms with van der Waals surface area (Å²) in [5, 5.41) is 23.5. The third-order valence-electron chi connectivity index (χ3n) is 6.49. The van der Waals surface area contributed by atoms with Crippen LogP contribution in [0.5, 0.6) is 0 Å². The molecule has 5 N–H and O–H groups in total. The van der Waals surface area contributed by atoms with Gasteiger partial charge in [0.15, 0.2) is 0 Å². The first-order valence-corrected chi connectivity index (χ1v) is 10.5. The molecule has 2 aromatic rings. The molecule has 1 saturated heterocycles. The van der Waals surface area contributed by atoms with Gasteiger partial charge in [-0.15, -0.1) is 0 Å². The lowest BCUT2D eigenvalue weighted by Gasteiger charge is -2.27. The Kier molecular flexibility index (Phi) is 4.76. The van der Waals surface area contributed by atoms with Crippen LogP contribution >= 0.6 is 0 Å². The SMILES string of the molecule is NC1CCN(c2ncc(CN3c4cc(F)ccc4C4(CC4)C3O)c(NCCO)n2)C1. The number of hydrogen-bond acceptors (Lipinski definition) is 8. The van der Waals surface area contributed by atoms with Crippen molar-refractivity contribution in [3.63, 3.8) is 0 Å². The number of aromatic nitrogens is 2. The lowest BCUT2D eigenvalue weighted by molar-refractivity contribution is 0.137. The van der Waals surface area contributed by atoms with E-state index in [1.54, 1.807) is 12.3 Å². The molecule has 0 radical (unpaired) electrons. The quantitative estimate of drug-likeness (QED) is 0.553. The molecule has 3 heterocycles. The Morgan fingerprint density at radius 2 is 2.17 bits per heavy atom. The van der Waals surface area contributed by atoms with Gasteiger partial charge in [0, 0.05) is 48.5 Å². The van der Waals surface area contributed by atoms with E-state index in [-0.39, 0.29) is 23.9 Å². The van der Waals surface area contributed by atoms with E-state index in [0.29, 0.717) is 31.4 Å². The highest BCUT2D eigenvalue weighted by molar-refractivity contribution is 5.67. The first-order valence-electron chi connectivity index (χ1n) is 10.5. The van der Waals surface area contributed by atoms with Crippen LogP contribution in [0, 0.1) is 5.82 Å². The van der Waals surface area contributed by atoms with Gasteiger partial charge >= 0.3 is 0 Å². The Labute approximate surface area is 174 Å². The number of anilines is 3. The molecule has 1 aromatic carbocycles. The molecular weight excluding hydrogens is 387 g/mol. The Hall–Kier alpha value is -2.49. The van der Waals surface area contributed by atoms with Crippen molar-refractivity contribution in [1.82, 2.24) is 9.97 Å². The van der Waals surface area contributed by atoms with Gasteiger partial charge < -0.3 is 31.1 Å². The normalized spacial score (nSPS) is 23.9. The number of aliphatic hydroxyl groups excluding tert-OH is 2. The molecule has 0 amide bonds. The van der Waals surface area contributed by atoms with E-state index >= 15 is 0 Å². The number of halogens is 1. The van der Waals surface area contributed by atoms with E-state index < -0.39 is 6.23 Å². The molecule has 1 saturated carbocycles. The molecule has 3 aliphatic rings. The minimum atomic E-state index is -0.712. The first kappa shape index (κ1) is 19.5. The molecule has 2 aliphatic heterocycles. The Morgan fingerprint density at radius 1 is 1.33 bits per heavy atom. The number of hydrogen-bond donors (Lipinski definition) is 4. The molecule has 30 heavy (non-hydrogen) atoms. The van der Waals surface area contributed by atoms with E-state index in [1.165, 1.54) is 12.1 Å². The highest BCUT2D eigenvalue weighted by atomic mass is 19.1. The fourth-order valence-electron chi connectivity index (χ4n) is 4.71. The van der Waals surface area contributed by atoms with Crippen molar-refractivity contribution in [2.24, 2.45) is 5.73 Å². The zero-order valence-corrected chi connectivity index (χ0v) is 16.8. The standard InChI is InChI=1S/C21H27FN6O2/c22-14-1-2-16-17(9-14)28(19(30)21(16)4-5-21)11-13-10-25-20(26-18(13)24-6-8-29)27-7-3-15(23)12-27/h1-2,9-10,15,19,29-30H,3-8,11-12,23H2,(H,24,25,26). The predicted molar refractivity (Wildman–Crippen MR) is 112 cm³/mol. The molecule has 2 fully saturated rings. The minimum Gasteiger partial charge on any atom is -0.395 e. The minimum absolute atomic E-state index is 0.0309. The first-order chi connectivity index (χ1) is 14.5. The molecular formula is C21H27FN6O2. The van der Waals surface area contributed by atoms with Crippen LogP contribution in [0.15, 0.2) is 24.4 Å². The van der Waals surface area contributed by atoms with Crippen molar-refractivity contribution in [1.29, 1.82) is 0 Å². The fraction of sp³-hybridized carbons (Fsp3) is 0.524. The summed E-state index contributed by atoms with van der Waals surface area (Å²) in [6, 6.07) is 4.86. The van der Waals surface area contributed by atoms with E-state index in [9.17, 15) is 14.6 Å². The van der Waals surface area contributed by atoms with Crippen molar-refractivity contribution in [2.75, 3.05) is 41.4 Å². The van der Waals surface area contributed by atoms with Crippen LogP contribution in [0.1, 0.15) is 30.4 Å². The van der Waals surface area contributed by atoms with Crippen LogP contribution in [0.4, 0.5) is 21.8 Å². The Balaban J connectivity index is 1.46. The second-order valence-corrected chi connectivity index (χ2v) is 8.51. The van der Waals surface area contributed by atoms with Crippen LogP contribution in [-0.2, 0) is 12.0 Å². The van der Waals surface area contributed by atoms with Gasteiger partial charge in [0.2, 0.25) is 5.95 Å². The molecule has 160 valence electrons. The maximum absolute atomic E-state index is 14.0. The second-order valence-electron chi connectivity index (χ2n) is 8.51. The van der Waals surface area contributed by atoms with Gasteiger partial charge in [-0.3, -0.25) is 0 Å². The molecule has 1 aliphatic carbocycles. The topological polar surface area (TPSA) is 111 Å². The number of nitrogens with zero attached hydrogens (tertiary/aromatic N) is 4. The lowest BCUT2D eigenvalue weighted by atomic mass is 9.97. The van der Waals surface area contributed by atoms with Crippen molar-refractivity contribution in [3.8, 4) is 0 Å². The van der Waals surface area contributed by atoms with Crippen LogP contribution in [0.2, 0.25) is 0 Å². The molecule has 9 heteroatoms. The van der Waals surface area contributed by atoms with Crippen molar-refractivity contribution in [2.45, 2.75) is 43.5 Å². The van der Waals surface area contributed by atoms with E-state index in [2.05, 4.69) is 15.3 Å². The predicted octanol–water partition coefficient (Wildman–Crippen LogP) is 0.927. The number of fused-ring (bicyclic) bond motifs is 2. The number of benzene rings is 1. The third-order valence-corrected chi connectivity index (χ3v) is 6.49. The van der Waals surface area contributed by atoms with Gasteiger partial charge in [0.25, 0.3) is 0 Å². The van der Waals surface area contributed by atoms with Crippen LogP contribution in [0.25, 0.3) is 0 Å². The summed E-state index contributed by atoms with van der Waals surface area (Å²) in [6.07, 6.45) is 3.72. The van der Waals surface area contributed by atoms with Crippen LogP contribution in [-0.4, -0.2) is 58.7 Å². The number of rotatable bonds is 6. The van der Waals surface area contributed by atoms with Crippen LogP contribution < -0.4 is 20.9 Å². The zero-order valence-electron chi connectivity index (χ0n) is 16.8. The van der Waals surface area contributed by atoms with Gasteiger partial charge in [0.1, 0.15) is 17.9 Å². The summed E-state index contributed by atoms with van der Waals surface area (Å²) < 4.78 is 14.0. The average molecular weight is 414 g/mol. The highest BCUT2D eigenvalue weighted by Gasteiger charge is 2.58. The summed E-state index contributed by atoms with van der Waals surface area (Å²) in [6.45, 7) is 2.17. The summed E-state index contributed by atoms with van der Waals surface area (Å²) in [5.74, 6) is 0.884. The number of nitrogens with two attached hydrogens (primary N) is 1. The van der Waals surface area contributed by atoms with E-state index in [1.807, 2.05) is 9.80 Å². The Bertz CT molecular complexity index is 953. The summed E-state index contributed by atoms with van der Waals surface area (Å²) in [7, 11) is 0. The summed E-state index contributed by atoms with van der Waals surface area (Å²) in [4.78, 5) is 13.1. The molecule has 0 bridgehead atoms.